The monoisotopic (exact) mass is 380 g/mol. The summed E-state index contributed by atoms with van der Waals surface area (Å²) in [6.07, 6.45) is 1.52. The van der Waals surface area contributed by atoms with E-state index in [-0.39, 0.29) is 18.4 Å². The van der Waals surface area contributed by atoms with Crippen LogP contribution in [0.15, 0.2) is 41.1 Å². The molecule has 0 atom stereocenters. The number of carbonyl (C=O) groups is 2. The first-order chi connectivity index (χ1) is 13.6. The third-order valence-corrected chi connectivity index (χ3v) is 4.59. The van der Waals surface area contributed by atoms with Crippen molar-refractivity contribution in [2.24, 2.45) is 0 Å². The molecule has 1 fully saturated rings. The fraction of sp³-hybridized carbons (Fsp3) is 0.316. The molecule has 2 aromatic heterocycles. The zero-order chi connectivity index (χ0) is 19.5. The zero-order valence-corrected chi connectivity index (χ0v) is 15.5. The van der Waals surface area contributed by atoms with Crippen molar-refractivity contribution in [1.82, 2.24) is 24.9 Å². The summed E-state index contributed by atoms with van der Waals surface area (Å²) in [6, 6.07) is 9.12. The maximum Gasteiger partial charge on any atom is 0.274 e. The third-order valence-electron chi connectivity index (χ3n) is 4.59. The molecule has 1 N–H and O–H groups in total. The van der Waals surface area contributed by atoms with Crippen LogP contribution >= 0.6 is 0 Å². The Morgan fingerprint density at radius 3 is 2.61 bits per heavy atom. The van der Waals surface area contributed by atoms with Gasteiger partial charge in [-0.1, -0.05) is 17.3 Å². The normalized spacial score (nSPS) is 15.0. The summed E-state index contributed by atoms with van der Waals surface area (Å²) in [4.78, 5) is 37.3. The van der Waals surface area contributed by atoms with Crippen molar-refractivity contribution >= 4 is 28.7 Å². The average molecular weight is 380 g/mol. The minimum Gasteiger partial charge on any atom is -0.360 e. The minimum atomic E-state index is -0.159. The second kappa shape index (κ2) is 7.73. The van der Waals surface area contributed by atoms with E-state index in [1.54, 1.807) is 17.9 Å². The molecule has 1 aromatic carbocycles. The Morgan fingerprint density at radius 1 is 1.14 bits per heavy atom. The van der Waals surface area contributed by atoms with Gasteiger partial charge >= 0.3 is 0 Å². The van der Waals surface area contributed by atoms with Crippen molar-refractivity contribution in [3.05, 3.63) is 48.0 Å². The van der Waals surface area contributed by atoms with Gasteiger partial charge in [-0.3, -0.25) is 19.5 Å². The van der Waals surface area contributed by atoms with E-state index >= 15 is 0 Å². The second-order valence-corrected chi connectivity index (χ2v) is 6.68. The van der Waals surface area contributed by atoms with E-state index in [1.807, 2.05) is 29.2 Å². The minimum absolute atomic E-state index is 0.138. The van der Waals surface area contributed by atoms with Crippen molar-refractivity contribution in [2.75, 3.05) is 38.0 Å². The molecule has 0 radical (unpaired) electrons. The van der Waals surface area contributed by atoms with Crippen molar-refractivity contribution < 1.29 is 14.1 Å². The van der Waals surface area contributed by atoms with Gasteiger partial charge in [-0.15, -0.1) is 0 Å². The van der Waals surface area contributed by atoms with E-state index < -0.39 is 0 Å². The predicted molar refractivity (Wildman–Crippen MR) is 102 cm³/mol. The van der Waals surface area contributed by atoms with Crippen LogP contribution in [0.3, 0.4) is 0 Å². The van der Waals surface area contributed by atoms with Crippen LogP contribution in [0.4, 0.5) is 5.82 Å². The third kappa shape index (κ3) is 3.99. The van der Waals surface area contributed by atoms with Gasteiger partial charge in [0.15, 0.2) is 5.82 Å². The van der Waals surface area contributed by atoms with E-state index in [1.165, 1.54) is 6.20 Å². The van der Waals surface area contributed by atoms with Gasteiger partial charge in [-0.25, -0.2) is 4.98 Å². The smallest absolute Gasteiger partial charge is 0.274 e. The van der Waals surface area contributed by atoms with Gasteiger partial charge in [-0.2, -0.15) is 0 Å². The number of nitrogens with one attached hydrogen (secondary N) is 1. The number of anilines is 1. The Balaban J connectivity index is 1.31. The Hall–Kier alpha value is -3.33. The van der Waals surface area contributed by atoms with Crippen LogP contribution in [0.25, 0.3) is 11.0 Å². The van der Waals surface area contributed by atoms with Crippen LogP contribution in [0, 0.1) is 6.92 Å². The van der Waals surface area contributed by atoms with E-state index in [2.05, 4.69) is 20.4 Å². The van der Waals surface area contributed by atoms with Crippen LogP contribution in [-0.4, -0.2) is 69.5 Å². The van der Waals surface area contributed by atoms with E-state index in [9.17, 15) is 9.59 Å². The van der Waals surface area contributed by atoms with Crippen molar-refractivity contribution in [1.29, 1.82) is 0 Å². The van der Waals surface area contributed by atoms with Crippen LogP contribution in [0.1, 0.15) is 16.2 Å². The number of rotatable bonds is 4. The molecule has 0 unspecified atom stereocenters. The number of aryl methyl sites for hydroxylation is 1. The number of fused-ring (bicyclic) bond motifs is 1. The number of aromatic nitrogens is 3. The molecule has 0 aliphatic carbocycles. The van der Waals surface area contributed by atoms with Crippen LogP contribution in [-0.2, 0) is 4.79 Å². The molecule has 0 saturated carbocycles. The lowest BCUT2D eigenvalue weighted by atomic mass is 10.2. The molecule has 1 aliphatic rings. The molecule has 1 saturated heterocycles. The summed E-state index contributed by atoms with van der Waals surface area (Å²) in [7, 11) is 0. The molecule has 9 nitrogen and oxygen atoms in total. The Bertz CT molecular complexity index is 1010. The first-order valence-corrected chi connectivity index (χ1v) is 9.05. The quantitative estimate of drug-likeness (QED) is 0.728. The largest absolute Gasteiger partial charge is 0.360 e. The molecule has 1 aliphatic heterocycles. The summed E-state index contributed by atoms with van der Waals surface area (Å²) in [5.74, 6) is 0.749. The Kier molecular flexibility index (Phi) is 4.98. The zero-order valence-electron chi connectivity index (χ0n) is 15.5. The van der Waals surface area contributed by atoms with Gasteiger partial charge in [0.2, 0.25) is 5.91 Å². The lowest BCUT2D eigenvalue weighted by Gasteiger charge is -2.34. The molecule has 0 spiro atoms. The predicted octanol–water partition coefficient (Wildman–Crippen LogP) is 1.32. The SMILES string of the molecule is Cc1cc(NC(=O)CN2CCN(C(=O)c3cnc4ccccc4n3)CC2)no1. The standard InChI is InChI=1S/C19H20N6O3/c1-13-10-17(23-28-13)22-18(26)12-24-6-8-25(9-7-24)19(27)16-11-20-14-4-2-3-5-15(14)21-16/h2-5,10-11H,6-9,12H2,1H3,(H,22,23,26). The molecule has 0 bridgehead atoms. The maximum absolute atomic E-state index is 12.7. The molecule has 2 amide bonds. The number of hydrogen-bond acceptors (Lipinski definition) is 7. The molecule has 144 valence electrons. The van der Waals surface area contributed by atoms with E-state index in [0.717, 1.165) is 5.52 Å². The highest BCUT2D eigenvalue weighted by atomic mass is 16.5. The van der Waals surface area contributed by atoms with Gasteiger partial charge in [0.25, 0.3) is 5.91 Å². The van der Waals surface area contributed by atoms with Crippen molar-refractivity contribution in [2.45, 2.75) is 6.92 Å². The van der Waals surface area contributed by atoms with Gasteiger partial charge < -0.3 is 14.7 Å². The first kappa shape index (κ1) is 18.1. The average Bonchev–Trinajstić information content (AvgIpc) is 3.12. The van der Waals surface area contributed by atoms with Crippen LogP contribution in [0.2, 0.25) is 0 Å². The van der Waals surface area contributed by atoms with Gasteiger partial charge in [-0.05, 0) is 19.1 Å². The summed E-state index contributed by atoms with van der Waals surface area (Å²) in [5, 5.41) is 6.45. The molecule has 4 rings (SSSR count). The maximum atomic E-state index is 12.7. The highest BCUT2D eigenvalue weighted by Gasteiger charge is 2.24. The van der Waals surface area contributed by atoms with E-state index in [0.29, 0.717) is 49.0 Å². The van der Waals surface area contributed by atoms with Gasteiger partial charge in [0.05, 0.1) is 23.8 Å². The number of hydrogen-bond donors (Lipinski definition) is 1. The first-order valence-electron chi connectivity index (χ1n) is 9.05. The molecular formula is C19H20N6O3. The lowest BCUT2D eigenvalue weighted by molar-refractivity contribution is -0.117. The molecule has 28 heavy (non-hydrogen) atoms. The fourth-order valence-electron chi connectivity index (χ4n) is 3.14. The number of carbonyl (C=O) groups excluding carboxylic acids is 2. The Morgan fingerprint density at radius 2 is 1.89 bits per heavy atom. The number of para-hydroxylation sites is 2. The number of amides is 2. The van der Waals surface area contributed by atoms with Gasteiger partial charge in [0, 0.05) is 32.2 Å². The van der Waals surface area contributed by atoms with Crippen LogP contribution < -0.4 is 5.32 Å². The van der Waals surface area contributed by atoms with E-state index in [4.69, 9.17) is 4.52 Å². The number of nitrogens with zero attached hydrogens (tertiary/aromatic N) is 5. The summed E-state index contributed by atoms with van der Waals surface area (Å²) in [6.45, 7) is 4.28. The highest BCUT2D eigenvalue weighted by molar-refractivity contribution is 5.94. The lowest BCUT2D eigenvalue weighted by Crippen LogP contribution is -2.50. The molecule has 3 heterocycles. The molecule has 9 heteroatoms. The van der Waals surface area contributed by atoms with Crippen LogP contribution in [0.5, 0.6) is 0 Å². The fourth-order valence-corrected chi connectivity index (χ4v) is 3.14. The topological polar surface area (TPSA) is 104 Å². The summed E-state index contributed by atoms with van der Waals surface area (Å²) < 4.78 is 4.93. The summed E-state index contributed by atoms with van der Waals surface area (Å²) in [5.41, 5.74) is 1.80. The number of benzene rings is 1. The number of piperazine rings is 1. The second-order valence-electron chi connectivity index (χ2n) is 6.68. The highest BCUT2D eigenvalue weighted by Crippen LogP contribution is 2.12. The molecule has 3 aromatic rings. The molecular weight excluding hydrogens is 360 g/mol. The summed E-state index contributed by atoms with van der Waals surface area (Å²) >= 11 is 0. The van der Waals surface area contributed by atoms with Crippen molar-refractivity contribution in [3.8, 4) is 0 Å². The Labute approximate surface area is 161 Å². The van der Waals surface area contributed by atoms with Gasteiger partial charge in [0.1, 0.15) is 11.5 Å². The van der Waals surface area contributed by atoms with Crippen molar-refractivity contribution in [3.63, 3.8) is 0 Å².